The van der Waals surface area contributed by atoms with Crippen molar-refractivity contribution in [3.05, 3.63) is 53.6 Å². The van der Waals surface area contributed by atoms with Crippen molar-refractivity contribution >= 4 is 11.8 Å². The normalized spacial score (nSPS) is 17.1. The topological polar surface area (TPSA) is 82.1 Å². The van der Waals surface area contributed by atoms with E-state index in [1.54, 1.807) is 0 Å². The van der Waals surface area contributed by atoms with Crippen LogP contribution in [0.25, 0.3) is 0 Å². The van der Waals surface area contributed by atoms with E-state index in [2.05, 4.69) is 20.8 Å². The summed E-state index contributed by atoms with van der Waals surface area (Å²) in [5, 5.41) is 10.1. The molecule has 208 valence electrons. The number of carboxylic acid groups (broad SMARTS) is 1. The highest BCUT2D eigenvalue weighted by Gasteiger charge is 2.55. The fourth-order valence-electron chi connectivity index (χ4n) is 6.08. The van der Waals surface area contributed by atoms with Gasteiger partial charge < -0.3 is 19.3 Å². The maximum atomic E-state index is 13.9. The van der Waals surface area contributed by atoms with Crippen LogP contribution in [0.1, 0.15) is 83.8 Å². The first kappa shape index (κ1) is 29.5. The summed E-state index contributed by atoms with van der Waals surface area (Å²) in [7, 11) is 0. The standard InChI is InChI=1S/C32H44O6/c1-7-36-28-17-24(18-29(23(28)4)37-8-2)22(3)26(15-12-16-38-25-13-10-9-11-14-25)27(33)19-32(30(34)35)20-31(5,6)21-32/h9-11,13-14,17-18,22,26H,7-8,12,15-16,19-21H2,1-6H3,(H,34,35). The van der Waals surface area contributed by atoms with Gasteiger partial charge in [-0.3, -0.25) is 9.59 Å². The summed E-state index contributed by atoms with van der Waals surface area (Å²) in [6, 6.07) is 13.6. The van der Waals surface area contributed by atoms with Crippen molar-refractivity contribution in [1.82, 2.24) is 0 Å². The summed E-state index contributed by atoms with van der Waals surface area (Å²) in [6.45, 7) is 13.6. The molecule has 1 fully saturated rings. The van der Waals surface area contributed by atoms with Crippen LogP contribution in [0.15, 0.2) is 42.5 Å². The third-order valence-corrected chi connectivity index (χ3v) is 7.75. The smallest absolute Gasteiger partial charge is 0.310 e. The summed E-state index contributed by atoms with van der Waals surface area (Å²) < 4.78 is 17.7. The fraction of sp³-hybridized carbons (Fsp3) is 0.562. The lowest BCUT2D eigenvalue weighted by Gasteiger charge is -2.50. The van der Waals surface area contributed by atoms with Crippen molar-refractivity contribution in [1.29, 1.82) is 0 Å². The van der Waals surface area contributed by atoms with Crippen LogP contribution in [-0.2, 0) is 9.59 Å². The first-order valence-corrected chi connectivity index (χ1v) is 13.9. The van der Waals surface area contributed by atoms with Crippen LogP contribution < -0.4 is 14.2 Å². The molecule has 2 unspecified atom stereocenters. The maximum Gasteiger partial charge on any atom is 0.310 e. The molecule has 0 radical (unpaired) electrons. The molecule has 0 aliphatic heterocycles. The molecule has 1 N–H and O–H groups in total. The summed E-state index contributed by atoms with van der Waals surface area (Å²) in [5.41, 5.74) is 0.867. The molecule has 1 saturated carbocycles. The van der Waals surface area contributed by atoms with E-state index in [9.17, 15) is 14.7 Å². The monoisotopic (exact) mass is 524 g/mol. The van der Waals surface area contributed by atoms with Crippen LogP contribution in [0.3, 0.4) is 0 Å². The molecule has 38 heavy (non-hydrogen) atoms. The molecular weight excluding hydrogens is 480 g/mol. The van der Waals surface area contributed by atoms with Crippen LogP contribution in [0.5, 0.6) is 17.2 Å². The van der Waals surface area contributed by atoms with Gasteiger partial charge in [0.2, 0.25) is 0 Å². The minimum Gasteiger partial charge on any atom is -0.494 e. The number of hydrogen-bond donors (Lipinski definition) is 1. The Morgan fingerprint density at radius 3 is 2.05 bits per heavy atom. The molecule has 0 amide bonds. The molecule has 2 atom stereocenters. The van der Waals surface area contributed by atoms with Gasteiger partial charge in [0.05, 0.1) is 25.2 Å². The molecule has 6 nitrogen and oxygen atoms in total. The second-order valence-electron chi connectivity index (χ2n) is 11.5. The van der Waals surface area contributed by atoms with Crippen molar-refractivity contribution in [3.8, 4) is 17.2 Å². The first-order valence-electron chi connectivity index (χ1n) is 13.9. The van der Waals surface area contributed by atoms with Gasteiger partial charge in [0.25, 0.3) is 0 Å². The Balaban J connectivity index is 1.85. The van der Waals surface area contributed by atoms with E-state index in [-0.39, 0.29) is 29.5 Å². The molecule has 0 heterocycles. The predicted molar refractivity (Wildman–Crippen MR) is 149 cm³/mol. The van der Waals surface area contributed by atoms with Gasteiger partial charge in [-0.25, -0.2) is 0 Å². The number of ether oxygens (including phenoxy) is 3. The Kier molecular flexibility index (Phi) is 9.86. The van der Waals surface area contributed by atoms with E-state index in [0.717, 1.165) is 28.4 Å². The van der Waals surface area contributed by atoms with Gasteiger partial charge in [-0.15, -0.1) is 0 Å². The van der Waals surface area contributed by atoms with E-state index in [1.165, 1.54) is 0 Å². The summed E-state index contributed by atoms with van der Waals surface area (Å²) in [6.07, 6.45) is 2.39. The lowest BCUT2D eigenvalue weighted by atomic mass is 9.52. The number of para-hydroxylation sites is 1. The second-order valence-corrected chi connectivity index (χ2v) is 11.5. The molecule has 6 heteroatoms. The van der Waals surface area contributed by atoms with Crippen LogP contribution in [0.2, 0.25) is 0 Å². The number of carbonyl (C=O) groups excluding carboxylic acids is 1. The minimum absolute atomic E-state index is 0.00612. The van der Waals surface area contributed by atoms with Gasteiger partial charge in [-0.05, 0) is 87.6 Å². The average molecular weight is 525 g/mol. The Morgan fingerprint density at radius 1 is 0.974 bits per heavy atom. The van der Waals surface area contributed by atoms with Crippen molar-refractivity contribution in [2.24, 2.45) is 16.7 Å². The van der Waals surface area contributed by atoms with Crippen LogP contribution in [0.4, 0.5) is 0 Å². The molecule has 2 aromatic rings. The SMILES string of the molecule is CCOc1cc(C(C)C(CCCOc2ccccc2)C(=O)CC2(C(=O)O)CC(C)(C)C2)cc(OCC)c1C. The zero-order valence-electron chi connectivity index (χ0n) is 23.8. The Labute approximate surface area is 227 Å². The van der Waals surface area contributed by atoms with E-state index in [1.807, 2.05) is 63.2 Å². The third-order valence-electron chi connectivity index (χ3n) is 7.75. The summed E-state index contributed by atoms with van der Waals surface area (Å²) in [5.74, 6) is 0.954. The fourth-order valence-corrected chi connectivity index (χ4v) is 6.08. The number of aliphatic carboxylic acids is 1. The zero-order valence-corrected chi connectivity index (χ0v) is 23.8. The Morgan fingerprint density at radius 2 is 1.55 bits per heavy atom. The molecular formula is C32H44O6. The van der Waals surface area contributed by atoms with Crippen molar-refractivity contribution in [2.45, 2.75) is 79.6 Å². The zero-order chi connectivity index (χ0) is 27.9. The molecule has 0 bridgehead atoms. The average Bonchev–Trinajstić information content (AvgIpc) is 2.85. The number of ketones is 1. The van der Waals surface area contributed by atoms with Gasteiger partial charge >= 0.3 is 5.97 Å². The predicted octanol–water partition coefficient (Wildman–Crippen LogP) is 7.22. The van der Waals surface area contributed by atoms with Gasteiger partial charge in [0.1, 0.15) is 23.0 Å². The highest BCUT2D eigenvalue weighted by Crippen LogP contribution is 2.57. The number of carbonyl (C=O) groups is 2. The van der Waals surface area contributed by atoms with Crippen LogP contribution >= 0.6 is 0 Å². The van der Waals surface area contributed by atoms with Gasteiger partial charge in [-0.1, -0.05) is 39.0 Å². The number of rotatable bonds is 15. The van der Waals surface area contributed by atoms with Crippen molar-refractivity contribution in [3.63, 3.8) is 0 Å². The van der Waals surface area contributed by atoms with E-state index in [0.29, 0.717) is 45.5 Å². The first-order chi connectivity index (χ1) is 18.0. The number of carboxylic acids is 1. The van der Waals surface area contributed by atoms with Gasteiger partial charge in [0, 0.05) is 17.9 Å². The number of Topliss-reactive ketones (excluding diaryl/α,β-unsaturated/α-hetero) is 1. The van der Waals surface area contributed by atoms with E-state index < -0.39 is 11.4 Å². The highest BCUT2D eigenvalue weighted by atomic mass is 16.5. The summed E-state index contributed by atoms with van der Waals surface area (Å²) >= 11 is 0. The van der Waals surface area contributed by atoms with E-state index >= 15 is 0 Å². The lowest BCUT2D eigenvalue weighted by Crippen LogP contribution is -2.50. The van der Waals surface area contributed by atoms with Crippen LogP contribution in [0, 0.1) is 23.7 Å². The minimum atomic E-state index is -0.973. The molecule has 2 aromatic carbocycles. The second kappa shape index (κ2) is 12.7. The molecule has 0 aromatic heterocycles. The van der Waals surface area contributed by atoms with Crippen molar-refractivity contribution in [2.75, 3.05) is 19.8 Å². The lowest BCUT2D eigenvalue weighted by molar-refractivity contribution is -0.167. The van der Waals surface area contributed by atoms with Gasteiger partial charge in [-0.2, -0.15) is 0 Å². The quantitative estimate of drug-likeness (QED) is 0.248. The largest absolute Gasteiger partial charge is 0.494 e. The van der Waals surface area contributed by atoms with E-state index in [4.69, 9.17) is 14.2 Å². The molecule has 0 spiro atoms. The Bertz CT molecular complexity index is 1060. The third kappa shape index (κ3) is 7.09. The number of hydrogen-bond acceptors (Lipinski definition) is 5. The Hall–Kier alpha value is -3.02. The molecule has 1 aliphatic carbocycles. The molecule has 3 rings (SSSR count). The highest BCUT2D eigenvalue weighted by molar-refractivity contribution is 5.89. The van der Waals surface area contributed by atoms with Crippen LogP contribution in [-0.4, -0.2) is 36.7 Å². The molecule has 1 aliphatic rings. The summed E-state index contributed by atoms with van der Waals surface area (Å²) in [4.78, 5) is 26.1. The number of benzene rings is 2. The maximum absolute atomic E-state index is 13.9. The van der Waals surface area contributed by atoms with Crippen molar-refractivity contribution < 1.29 is 28.9 Å². The van der Waals surface area contributed by atoms with Gasteiger partial charge in [0.15, 0.2) is 0 Å². The molecule has 0 saturated heterocycles.